The molecule has 1 aromatic heterocycles. The molecule has 0 saturated carbocycles. The highest BCUT2D eigenvalue weighted by molar-refractivity contribution is 7.99. The smallest absolute Gasteiger partial charge is 0.186 e. The molecule has 1 aliphatic rings. The molecule has 0 spiro atoms. The summed E-state index contributed by atoms with van der Waals surface area (Å²) in [7, 11) is 0. The molecule has 4 nitrogen and oxygen atoms in total. The predicted octanol–water partition coefficient (Wildman–Crippen LogP) is 2.64. The molecule has 0 radical (unpaired) electrons. The number of fused-ring (bicyclic) bond motifs is 1. The zero-order chi connectivity index (χ0) is 13.4. The number of hydrogen-bond donors (Lipinski definition) is 1. The lowest BCUT2D eigenvalue weighted by Gasteiger charge is -2.16. The Kier molecular flexibility index (Phi) is 3.71. The maximum atomic E-state index is 9.59. The summed E-state index contributed by atoms with van der Waals surface area (Å²) in [6.07, 6.45) is 0.130. The third-order valence-electron chi connectivity index (χ3n) is 2.87. The topological polar surface area (TPSA) is 50.9 Å². The maximum Gasteiger partial charge on any atom is 0.186 e. The van der Waals surface area contributed by atoms with Gasteiger partial charge in [0.15, 0.2) is 11.0 Å². The van der Waals surface area contributed by atoms with E-state index in [0.29, 0.717) is 34.6 Å². The number of nitrogens with zero attached hydrogens (tertiary/aromatic N) is 3. The number of aliphatic hydroxyl groups excluding tert-OH is 1. The Balaban J connectivity index is 1.88. The van der Waals surface area contributed by atoms with Gasteiger partial charge in [-0.3, -0.25) is 0 Å². The molecule has 7 heteroatoms. The average Bonchev–Trinajstić information content (AvgIpc) is 2.75. The zero-order valence-corrected chi connectivity index (χ0v) is 12.2. The fourth-order valence-corrected chi connectivity index (χ4v) is 3.37. The first-order chi connectivity index (χ1) is 9.13. The van der Waals surface area contributed by atoms with Crippen molar-refractivity contribution in [1.29, 1.82) is 0 Å². The lowest BCUT2D eigenvalue weighted by molar-refractivity contribution is 0.164. The molecule has 1 aromatic carbocycles. The fraction of sp³-hybridized carbons (Fsp3) is 0.333. The Labute approximate surface area is 124 Å². The normalized spacial score (nSPS) is 18.4. The molecule has 1 atom stereocenters. The molecule has 0 amide bonds. The summed E-state index contributed by atoms with van der Waals surface area (Å²) in [5.74, 6) is 1.33. The van der Waals surface area contributed by atoms with Crippen molar-refractivity contribution in [2.24, 2.45) is 0 Å². The van der Waals surface area contributed by atoms with Gasteiger partial charge in [-0.2, -0.15) is 5.10 Å². The van der Waals surface area contributed by atoms with Crippen LogP contribution in [0, 0.1) is 0 Å². The molecule has 2 heterocycles. The molecular formula is C12H11Cl2N3OS. The first-order valence-corrected chi connectivity index (χ1v) is 7.55. The van der Waals surface area contributed by atoms with Crippen LogP contribution < -0.4 is 0 Å². The summed E-state index contributed by atoms with van der Waals surface area (Å²) in [5, 5.41) is 16.1. The van der Waals surface area contributed by atoms with E-state index in [0.717, 1.165) is 10.7 Å². The van der Waals surface area contributed by atoms with Crippen molar-refractivity contribution in [2.75, 3.05) is 5.75 Å². The lowest BCUT2D eigenvalue weighted by Crippen LogP contribution is -2.24. The van der Waals surface area contributed by atoms with Gasteiger partial charge in [-0.15, -0.1) is 0 Å². The van der Waals surface area contributed by atoms with Crippen LogP contribution >= 0.6 is 35.0 Å². The Hall–Kier alpha value is -0.750. The number of aliphatic hydroxyl groups is 1. The van der Waals surface area contributed by atoms with Gasteiger partial charge in [0, 0.05) is 22.2 Å². The van der Waals surface area contributed by atoms with Gasteiger partial charge in [0.2, 0.25) is 0 Å². The van der Waals surface area contributed by atoms with E-state index in [1.165, 1.54) is 11.8 Å². The van der Waals surface area contributed by atoms with Gasteiger partial charge in [-0.05, 0) is 17.7 Å². The SMILES string of the molecule is O[C@H]1CSc2nc(Cc3c(Cl)cccc3Cl)nn2C1. The van der Waals surface area contributed by atoms with Crippen molar-refractivity contribution < 1.29 is 5.11 Å². The van der Waals surface area contributed by atoms with Gasteiger partial charge in [-0.25, -0.2) is 9.67 Å². The first-order valence-electron chi connectivity index (χ1n) is 5.81. The highest BCUT2D eigenvalue weighted by atomic mass is 35.5. The van der Waals surface area contributed by atoms with Crippen molar-refractivity contribution in [2.45, 2.75) is 24.2 Å². The highest BCUT2D eigenvalue weighted by Gasteiger charge is 2.21. The van der Waals surface area contributed by atoms with Crippen LogP contribution in [0.25, 0.3) is 0 Å². The van der Waals surface area contributed by atoms with E-state index < -0.39 is 0 Å². The number of rotatable bonds is 2. The van der Waals surface area contributed by atoms with Gasteiger partial charge in [-0.1, -0.05) is 41.0 Å². The summed E-state index contributed by atoms with van der Waals surface area (Å²) >= 11 is 13.8. The Bertz CT molecular complexity index is 597. The van der Waals surface area contributed by atoms with Gasteiger partial charge in [0.25, 0.3) is 0 Å². The van der Waals surface area contributed by atoms with E-state index in [9.17, 15) is 5.11 Å². The van der Waals surface area contributed by atoms with E-state index >= 15 is 0 Å². The number of halogens is 2. The van der Waals surface area contributed by atoms with Crippen LogP contribution in [0.15, 0.2) is 23.4 Å². The molecule has 3 rings (SSSR count). The Morgan fingerprint density at radius 1 is 1.37 bits per heavy atom. The quantitative estimate of drug-likeness (QED) is 0.925. The van der Waals surface area contributed by atoms with Crippen LogP contribution in [0.4, 0.5) is 0 Å². The largest absolute Gasteiger partial charge is 0.390 e. The number of hydrogen-bond acceptors (Lipinski definition) is 4. The standard InChI is InChI=1S/C12H11Cl2N3OS/c13-9-2-1-3-10(14)8(9)4-11-15-12-17(16-11)5-7(18)6-19-12/h1-3,7,18H,4-6H2/t7-/m1/s1. The van der Waals surface area contributed by atoms with Gasteiger partial charge in [0.1, 0.15) is 0 Å². The van der Waals surface area contributed by atoms with Crippen LogP contribution in [0.1, 0.15) is 11.4 Å². The molecule has 100 valence electrons. The molecule has 19 heavy (non-hydrogen) atoms. The van der Waals surface area contributed by atoms with E-state index in [4.69, 9.17) is 23.2 Å². The number of aromatic nitrogens is 3. The van der Waals surface area contributed by atoms with Crippen molar-refractivity contribution in [1.82, 2.24) is 14.8 Å². The van der Waals surface area contributed by atoms with Crippen molar-refractivity contribution >= 4 is 35.0 Å². The molecular weight excluding hydrogens is 305 g/mol. The van der Waals surface area contributed by atoms with Crippen LogP contribution in [0.3, 0.4) is 0 Å². The highest BCUT2D eigenvalue weighted by Crippen LogP contribution is 2.28. The second kappa shape index (κ2) is 5.32. The van der Waals surface area contributed by atoms with Crippen LogP contribution in [0.5, 0.6) is 0 Å². The van der Waals surface area contributed by atoms with E-state index in [1.807, 2.05) is 6.07 Å². The number of benzene rings is 1. The summed E-state index contributed by atoms with van der Waals surface area (Å²) in [6.45, 7) is 0.492. The van der Waals surface area contributed by atoms with Crippen molar-refractivity contribution in [3.63, 3.8) is 0 Å². The molecule has 1 N–H and O–H groups in total. The average molecular weight is 316 g/mol. The second-order valence-corrected chi connectivity index (χ2v) is 6.14. The molecule has 1 aliphatic heterocycles. The van der Waals surface area contributed by atoms with Gasteiger partial charge < -0.3 is 5.11 Å². The number of thioether (sulfide) groups is 1. The van der Waals surface area contributed by atoms with Crippen LogP contribution in [-0.4, -0.2) is 31.7 Å². The summed E-state index contributed by atoms with van der Waals surface area (Å²) in [5.41, 5.74) is 0.833. The van der Waals surface area contributed by atoms with Gasteiger partial charge >= 0.3 is 0 Å². The molecule has 0 unspecified atom stereocenters. The first kappa shape index (κ1) is 13.2. The Morgan fingerprint density at radius 3 is 2.84 bits per heavy atom. The van der Waals surface area contributed by atoms with E-state index in [1.54, 1.807) is 16.8 Å². The predicted molar refractivity (Wildman–Crippen MR) is 76.0 cm³/mol. The van der Waals surface area contributed by atoms with Crippen molar-refractivity contribution in [3.05, 3.63) is 39.6 Å². The Morgan fingerprint density at radius 2 is 2.11 bits per heavy atom. The monoisotopic (exact) mass is 315 g/mol. The minimum atomic E-state index is -0.365. The zero-order valence-electron chi connectivity index (χ0n) is 9.88. The van der Waals surface area contributed by atoms with Gasteiger partial charge in [0.05, 0.1) is 12.6 Å². The van der Waals surface area contributed by atoms with E-state index in [2.05, 4.69) is 10.1 Å². The summed E-state index contributed by atoms with van der Waals surface area (Å²) in [6, 6.07) is 5.42. The minimum Gasteiger partial charge on any atom is -0.390 e. The van der Waals surface area contributed by atoms with Crippen molar-refractivity contribution in [3.8, 4) is 0 Å². The van der Waals surface area contributed by atoms with E-state index in [-0.39, 0.29) is 6.10 Å². The third kappa shape index (κ3) is 2.74. The second-order valence-electron chi connectivity index (χ2n) is 4.33. The fourth-order valence-electron chi connectivity index (χ4n) is 1.96. The molecule has 2 aromatic rings. The molecule has 0 fully saturated rings. The summed E-state index contributed by atoms with van der Waals surface area (Å²) in [4.78, 5) is 4.45. The summed E-state index contributed by atoms with van der Waals surface area (Å²) < 4.78 is 1.74. The minimum absolute atomic E-state index is 0.365. The molecule has 0 bridgehead atoms. The van der Waals surface area contributed by atoms with Crippen LogP contribution in [-0.2, 0) is 13.0 Å². The molecule has 0 saturated heterocycles. The lowest BCUT2D eigenvalue weighted by atomic mass is 10.1. The van der Waals surface area contributed by atoms with Crippen LogP contribution in [0.2, 0.25) is 10.0 Å². The third-order valence-corrected chi connectivity index (χ3v) is 4.69. The molecule has 0 aliphatic carbocycles. The maximum absolute atomic E-state index is 9.59.